The van der Waals surface area contributed by atoms with Gasteiger partial charge in [0.25, 0.3) is 0 Å². The van der Waals surface area contributed by atoms with Crippen LogP contribution in [0.3, 0.4) is 0 Å². The molecule has 0 aromatic heterocycles. The van der Waals surface area contributed by atoms with E-state index in [1.54, 1.807) is 0 Å². The van der Waals surface area contributed by atoms with Crippen LogP contribution in [0.2, 0.25) is 0 Å². The summed E-state index contributed by atoms with van der Waals surface area (Å²) in [4.78, 5) is 13.7. The molecule has 0 radical (unpaired) electrons. The lowest BCUT2D eigenvalue weighted by molar-refractivity contribution is -0.148. The van der Waals surface area contributed by atoms with Gasteiger partial charge in [-0.2, -0.15) is 0 Å². The van der Waals surface area contributed by atoms with E-state index in [0.29, 0.717) is 6.04 Å². The molecule has 1 saturated heterocycles. The highest BCUT2D eigenvalue weighted by molar-refractivity contribution is 5.73. The van der Waals surface area contributed by atoms with Crippen LogP contribution in [-0.2, 0) is 9.53 Å². The summed E-state index contributed by atoms with van der Waals surface area (Å²) in [5.74, 6) is -0.287. The molecule has 1 aliphatic heterocycles. The van der Waals surface area contributed by atoms with Crippen LogP contribution >= 0.6 is 0 Å². The van der Waals surface area contributed by atoms with E-state index in [4.69, 9.17) is 10.5 Å². The third-order valence-electron chi connectivity index (χ3n) is 3.19. The first-order valence-electron chi connectivity index (χ1n) is 5.15. The lowest BCUT2D eigenvalue weighted by Gasteiger charge is -2.40. The number of carbonyl (C=O) groups is 1. The summed E-state index contributed by atoms with van der Waals surface area (Å²) in [7, 11) is 3.48. The molecule has 0 amide bonds. The van der Waals surface area contributed by atoms with Crippen molar-refractivity contribution in [1.29, 1.82) is 0 Å². The molecule has 82 valence electrons. The Balaban J connectivity index is 2.68. The van der Waals surface area contributed by atoms with E-state index >= 15 is 0 Å². The maximum absolute atomic E-state index is 11.4. The minimum absolute atomic E-state index is 0.0915. The molecule has 1 aliphatic rings. The fourth-order valence-corrected chi connectivity index (χ4v) is 2.27. The number of piperidine rings is 1. The molecule has 1 rings (SSSR count). The van der Waals surface area contributed by atoms with Gasteiger partial charge < -0.3 is 15.4 Å². The number of methoxy groups -OCH3 is 1. The van der Waals surface area contributed by atoms with Gasteiger partial charge >= 0.3 is 5.97 Å². The number of ether oxygens (including phenoxy) is 1. The predicted octanol–water partition coefficient (Wildman–Crippen LogP) is 0.217. The minimum Gasteiger partial charge on any atom is -0.469 e. The second kappa shape index (κ2) is 4.75. The standard InChI is InChI=1S/C10H20N2O2/c1-4-8-9(11)7(10(13)14-3)5-6-12(8)2/h7-9H,4-6,11H2,1-3H3. The maximum atomic E-state index is 11.4. The van der Waals surface area contributed by atoms with Crippen LogP contribution in [0.5, 0.6) is 0 Å². The minimum atomic E-state index is -0.163. The number of nitrogens with zero attached hydrogens (tertiary/aromatic N) is 1. The van der Waals surface area contributed by atoms with Gasteiger partial charge in [-0.3, -0.25) is 4.79 Å². The highest BCUT2D eigenvalue weighted by atomic mass is 16.5. The van der Waals surface area contributed by atoms with Crippen molar-refractivity contribution < 1.29 is 9.53 Å². The molecule has 14 heavy (non-hydrogen) atoms. The summed E-state index contributed by atoms with van der Waals surface area (Å²) in [6.45, 7) is 3.02. The lowest BCUT2D eigenvalue weighted by Crippen LogP contribution is -2.56. The summed E-state index contributed by atoms with van der Waals surface area (Å²) in [5.41, 5.74) is 6.06. The Kier molecular flexibility index (Phi) is 3.89. The van der Waals surface area contributed by atoms with Gasteiger partial charge in [0.1, 0.15) is 0 Å². The zero-order valence-corrected chi connectivity index (χ0v) is 9.19. The van der Waals surface area contributed by atoms with E-state index in [9.17, 15) is 4.79 Å². The van der Waals surface area contributed by atoms with Crippen molar-refractivity contribution in [2.45, 2.75) is 31.8 Å². The Morgan fingerprint density at radius 2 is 2.29 bits per heavy atom. The van der Waals surface area contributed by atoms with E-state index in [2.05, 4.69) is 18.9 Å². The number of hydrogen-bond acceptors (Lipinski definition) is 4. The van der Waals surface area contributed by atoms with Gasteiger partial charge in [-0.25, -0.2) is 0 Å². The third kappa shape index (κ3) is 2.07. The van der Waals surface area contributed by atoms with Crippen LogP contribution in [0.25, 0.3) is 0 Å². The summed E-state index contributed by atoms with van der Waals surface area (Å²) in [6.07, 6.45) is 1.78. The zero-order valence-electron chi connectivity index (χ0n) is 9.19. The van der Waals surface area contributed by atoms with Crippen molar-refractivity contribution >= 4 is 5.97 Å². The number of carbonyl (C=O) groups excluding carboxylic acids is 1. The van der Waals surface area contributed by atoms with Gasteiger partial charge in [-0.15, -0.1) is 0 Å². The van der Waals surface area contributed by atoms with E-state index in [-0.39, 0.29) is 17.9 Å². The monoisotopic (exact) mass is 200 g/mol. The number of rotatable bonds is 2. The average molecular weight is 200 g/mol. The molecule has 4 nitrogen and oxygen atoms in total. The van der Waals surface area contributed by atoms with Crippen LogP contribution < -0.4 is 5.73 Å². The molecular weight excluding hydrogens is 180 g/mol. The van der Waals surface area contributed by atoms with Gasteiger partial charge in [0, 0.05) is 12.1 Å². The molecule has 1 fully saturated rings. The van der Waals surface area contributed by atoms with E-state index in [1.165, 1.54) is 7.11 Å². The first-order chi connectivity index (χ1) is 6.61. The molecule has 0 aromatic carbocycles. The smallest absolute Gasteiger partial charge is 0.310 e. The van der Waals surface area contributed by atoms with Crippen LogP contribution in [-0.4, -0.2) is 43.7 Å². The van der Waals surface area contributed by atoms with Gasteiger partial charge in [-0.1, -0.05) is 6.92 Å². The first kappa shape index (κ1) is 11.5. The first-order valence-corrected chi connectivity index (χ1v) is 5.15. The SMILES string of the molecule is CCC1C(N)C(C(=O)OC)CCN1C. The summed E-state index contributed by atoms with van der Waals surface area (Å²) in [6, 6.07) is 0.207. The van der Waals surface area contributed by atoms with Crippen molar-refractivity contribution in [3.63, 3.8) is 0 Å². The number of hydrogen-bond donors (Lipinski definition) is 1. The molecule has 3 atom stereocenters. The van der Waals surface area contributed by atoms with Crippen LogP contribution in [0.4, 0.5) is 0 Å². The second-order valence-corrected chi connectivity index (χ2v) is 3.95. The molecule has 0 aliphatic carbocycles. The lowest BCUT2D eigenvalue weighted by atomic mass is 9.85. The Morgan fingerprint density at radius 1 is 1.64 bits per heavy atom. The van der Waals surface area contributed by atoms with Crippen molar-refractivity contribution in [2.24, 2.45) is 11.7 Å². The highest BCUT2D eigenvalue weighted by Gasteiger charge is 2.37. The Hall–Kier alpha value is -0.610. The topological polar surface area (TPSA) is 55.6 Å². The number of esters is 1. The summed E-state index contributed by atoms with van der Waals surface area (Å²) < 4.78 is 4.75. The average Bonchev–Trinajstić information content (AvgIpc) is 2.18. The Morgan fingerprint density at radius 3 is 2.79 bits per heavy atom. The molecule has 1 heterocycles. The molecule has 0 bridgehead atoms. The van der Waals surface area contributed by atoms with Gasteiger partial charge in [-0.05, 0) is 26.4 Å². The molecule has 0 aromatic rings. The largest absolute Gasteiger partial charge is 0.469 e. The molecule has 4 heteroatoms. The molecular formula is C10H20N2O2. The number of likely N-dealkylation sites (tertiary alicyclic amines) is 1. The molecule has 0 spiro atoms. The molecule has 0 saturated carbocycles. The van der Waals surface area contributed by atoms with Crippen LogP contribution in [0, 0.1) is 5.92 Å². The highest BCUT2D eigenvalue weighted by Crippen LogP contribution is 2.23. The number of nitrogens with two attached hydrogens (primary N) is 1. The van der Waals surface area contributed by atoms with E-state index < -0.39 is 0 Å². The van der Waals surface area contributed by atoms with Crippen molar-refractivity contribution in [3.05, 3.63) is 0 Å². The zero-order chi connectivity index (χ0) is 10.7. The Bertz CT molecular complexity index is 208. The van der Waals surface area contributed by atoms with Crippen molar-refractivity contribution in [3.8, 4) is 0 Å². The van der Waals surface area contributed by atoms with Crippen molar-refractivity contribution in [1.82, 2.24) is 4.90 Å². The normalized spacial score (nSPS) is 34.1. The maximum Gasteiger partial charge on any atom is 0.310 e. The molecule has 3 unspecified atom stereocenters. The fourth-order valence-electron chi connectivity index (χ4n) is 2.27. The van der Waals surface area contributed by atoms with Crippen LogP contribution in [0.15, 0.2) is 0 Å². The van der Waals surface area contributed by atoms with E-state index in [1.807, 2.05) is 0 Å². The van der Waals surface area contributed by atoms with Gasteiger partial charge in [0.2, 0.25) is 0 Å². The Labute approximate surface area is 85.4 Å². The van der Waals surface area contributed by atoms with Crippen LogP contribution in [0.1, 0.15) is 19.8 Å². The third-order valence-corrected chi connectivity index (χ3v) is 3.19. The summed E-state index contributed by atoms with van der Waals surface area (Å²) >= 11 is 0. The van der Waals surface area contributed by atoms with Gasteiger partial charge in [0.15, 0.2) is 0 Å². The van der Waals surface area contributed by atoms with Crippen molar-refractivity contribution in [2.75, 3.05) is 20.7 Å². The summed E-state index contributed by atoms with van der Waals surface area (Å²) in [5, 5.41) is 0. The predicted molar refractivity (Wildman–Crippen MR) is 54.8 cm³/mol. The number of likely N-dealkylation sites (N-methyl/N-ethyl adjacent to an activating group) is 1. The fraction of sp³-hybridized carbons (Fsp3) is 0.900. The quantitative estimate of drug-likeness (QED) is 0.648. The van der Waals surface area contributed by atoms with Gasteiger partial charge in [0.05, 0.1) is 13.0 Å². The second-order valence-electron chi connectivity index (χ2n) is 3.95. The molecule has 2 N–H and O–H groups in total. The van der Waals surface area contributed by atoms with E-state index in [0.717, 1.165) is 19.4 Å².